The zero-order chi connectivity index (χ0) is 23.1. The highest BCUT2D eigenvalue weighted by atomic mass is 32.1. The number of Topliss-reactive ketones (excluding diaryl/α,β-unsaturated/α-hetero) is 1. The highest BCUT2D eigenvalue weighted by molar-refractivity contribution is 7.22. The van der Waals surface area contributed by atoms with Crippen LogP contribution in [0.3, 0.4) is 0 Å². The quantitative estimate of drug-likeness (QED) is 0.394. The second-order valence-corrected chi connectivity index (χ2v) is 8.24. The Hall–Kier alpha value is -3.98. The Morgan fingerprint density at radius 3 is 2.79 bits per heavy atom. The van der Waals surface area contributed by atoms with Crippen LogP contribution in [0.25, 0.3) is 10.2 Å². The maximum atomic E-state index is 14.9. The lowest BCUT2D eigenvalue weighted by Crippen LogP contribution is -2.31. The summed E-state index contributed by atoms with van der Waals surface area (Å²) in [6.45, 7) is 2.36. The molecular formula is C24H17FN2O5S. The molecule has 1 aliphatic heterocycles. The van der Waals surface area contributed by atoms with Gasteiger partial charge in [-0.15, -0.1) is 0 Å². The minimum Gasteiger partial charge on any atom is -0.503 e. The third-order valence-electron chi connectivity index (χ3n) is 5.26. The van der Waals surface area contributed by atoms with Crippen molar-refractivity contribution in [1.29, 1.82) is 0 Å². The van der Waals surface area contributed by atoms with Crippen LogP contribution in [0.15, 0.2) is 76.6 Å². The summed E-state index contributed by atoms with van der Waals surface area (Å²) in [7, 11) is 0. The van der Waals surface area contributed by atoms with Gasteiger partial charge >= 0.3 is 0 Å². The van der Waals surface area contributed by atoms with Gasteiger partial charge in [0.25, 0.3) is 5.91 Å². The lowest BCUT2D eigenvalue weighted by atomic mass is 9.95. The van der Waals surface area contributed by atoms with E-state index >= 15 is 0 Å². The van der Waals surface area contributed by atoms with E-state index in [0.717, 1.165) is 9.60 Å². The normalized spacial score (nSPS) is 16.1. The summed E-state index contributed by atoms with van der Waals surface area (Å²) in [5, 5.41) is 10.9. The van der Waals surface area contributed by atoms with Gasteiger partial charge in [-0.25, -0.2) is 9.37 Å². The van der Waals surface area contributed by atoms with Crippen LogP contribution in [0.1, 0.15) is 29.1 Å². The molecule has 166 valence electrons. The largest absolute Gasteiger partial charge is 0.503 e. The molecule has 0 saturated heterocycles. The number of carbonyl (C=O) groups is 2. The number of aliphatic hydroxyl groups is 1. The first-order valence-electron chi connectivity index (χ1n) is 10.1. The Morgan fingerprint density at radius 1 is 1.24 bits per heavy atom. The van der Waals surface area contributed by atoms with E-state index in [-0.39, 0.29) is 22.0 Å². The van der Waals surface area contributed by atoms with E-state index in [9.17, 15) is 19.1 Å². The van der Waals surface area contributed by atoms with Crippen molar-refractivity contribution in [3.05, 3.63) is 89.3 Å². The van der Waals surface area contributed by atoms with Gasteiger partial charge in [0.1, 0.15) is 17.6 Å². The fourth-order valence-electron chi connectivity index (χ4n) is 3.82. The predicted octanol–water partition coefficient (Wildman–Crippen LogP) is 5.21. The fraction of sp³-hybridized carbons (Fsp3) is 0.125. The molecule has 2 aromatic heterocycles. The van der Waals surface area contributed by atoms with Gasteiger partial charge in [-0.3, -0.25) is 14.5 Å². The van der Waals surface area contributed by atoms with Gasteiger partial charge in [0.05, 0.1) is 28.7 Å². The summed E-state index contributed by atoms with van der Waals surface area (Å²) >= 11 is 1.17. The first-order valence-corrected chi connectivity index (χ1v) is 10.9. The van der Waals surface area contributed by atoms with Gasteiger partial charge in [-0.1, -0.05) is 29.5 Å². The Bertz CT molecular complexity index is 1410. The molecule has 1 atom stereocenters. The predicted molar refractivity (Wildman–Crippen MR) is 120 cm³/mol. The van der Waals surface area contributed by atoms with Crippen LogP contribution in [0.2, 0.25) is 0 Å². The number of aromatic nitrogens is 1. The van der Waals surface area contributed by atoms with E-state index in [1.165, 1.54) is 47.9 Å². The number of anilines is 1. The maximum absolute atomic E-state index is 14.9. The second-order valence-electron chi connectivity index (χ2n) is 7.23. The molecule has 0 saturated carbocycles. The van der Waals surface area contributed by atoms with Gasteiger partial charge in [0.2, 0.25) is 5.78 Å². The summed E-state index contributed by atoms with van der Waals surface area (Å²) < 4.78 is 26.3. The Balaban J connectivity index is 1.67. The highest BCUT2D eigenvalue weighted by Gasteiger charge is 2.47. The number of halogens is 1. The van der Waals surface area contributed by atoms with E-state index in [2.05, 4.69) is 4.98 Å². The zero-order valence-corrected chi connectivity index (χ0v) is 18.1. The monoisotopic (exact) mass is 464 g/mol. The molecule has 0 spiro atoms. The van der Waals surface area contributed by atoms with Crippen molar-refractivity contribution in [2.75, 3.05) is 11.5 Å². The number of ketones is 1. The molecule has 0 bridgehead atoms. The van der Waals surface area contributed by atoms with Crippen LogP contribution in [-0.4, -0.2) is 28.4 Å². The third-order valence-corrected chi connectivity index (χ3v) is 6.28. The number of hydrogen-bond donors (Lipinski definition) is 1. The first kappa shape index (κ1) is 20.9. The van der Waals surface area contributed by atoms with Crippen molar-refractivity contribution in [2.24, 2.45) is 0 Å². The van der Waals surface area contributed by atoms with E-state index in [4.69, 9.17) is 9.15 Å². The van der Waals surface area contributed by atoms with Crippen molar-refractivity contribution in [3.63, 3.8) is 0 Å². The maximum Gasteiger partial charge on any atom is 0.296 e. The Labute approximate surface area is 191 Å². The number of aliphatic hydroxyl groups excluding tert-OH is 1. The Morgan fingerprint density at radius 2 is 2.06 bits per heavy atom. The molecule has 0 radical (unpaired) electrons. The number of benzene rings is 2. The van der Waals surface area contributed by atoms with Gasteiger partial charge in [0, 0.05) is 5.56 Å². The molecule has 33 heavy (non-hydrogen) atoms. The van der Waals surface area contributed by atoms with Gasteiger partial charge in [-0.2, -0.15) is 0 Å². The topological polar surface area (TPSA) is 92.9 Å². The SMILES string of the molecule is CCOc1ccc2nc(N3C(=O)C(O)=C(C(=O)c4ccco4)C3c3ccccc3F)sc2c1. The van der Waals surface area contributed by atoms with Crippen molar-refractivity contribution in [2.45, 2.75) is 13.0 Å². The van der Waals surface area contributed by atoms with E-state index in [0.29, 0.717) is 17.9 Å². The molecule has 7 nitrogen and oxygen atoms in total. The summed E-state index contributed by atoms with van der Waals surface area (Å²) in [6, 6.07) is 12.8. The van der Waals surface area contributed by atoms with Crippen molar-refractivity contribution in [1.82, 2.24) is 4.98 Å². The van der Waals surface area contributed by atoms with Crippen LogP contribution < -0.4 is 9.64 Å². The molecule has 1 N–H and O–H groups in total. The number of rotatable bonds is 6. The molecule has 3 heterocycles. The molecule has 1 unspecified atom stereocenters. The van der Waals surface area contributed by atoms with Gasteiger partial charge in [-0.05, 0) is 43.3 Å². The number of carbonyl (C=O) groups excluding carboxylic acids is 2. The van der Waals surface area contributed by atoms with Crippen LogP contribution in [0.4, 0.5) is 9.52 Å². The van der Waals surface area contributed by atoms with Crippen LogP contribution in [0, 0.1) is 5.82 Å². The number of amides is 1. The van der Waals surface area contributed by atoms with Crippen molar-refractivity contribution < 1.29 is 28.2 Å². The molecular weight excluding hydrogens is 447 g/mol. The summed E-state index contributed by atoms with van der Waals surface area (Å²) in [5.74, 6) is -2.37. The van der Waals surface area contributed by atoms with E-state index in [1.54, 1.807) is 24.3 Å². The smallest absolute Gasteiger partial charge is 0.296 e. The van der Waals surface area contributed by atoms with Gasteiger partial charge in [0.15, 0.2) is 16.7 Å². The minimum atomic E-state index is -1.22. The lowest BCUT2D eigenvalue weighted by molar-refractivity contribution is -0.117. The number of ether oxygens (including phenoxy) is 1. The summed E-state index contributed by atoms with van der Waals surface area (Å²) in [5.41, 5.74) is 0.386. The molecule has 1 aliphatic rings. The van der Waals surface area contributed by atoms with Crippen LogP contribution in [-0.2, 0) is 4.79 Å². The number of nitrogens with zero attached hydrogens (tertiary/aromatic N) is 2. The van der Waals surface area contributed by atoms with Crippen LogP contribution >= 0.6 is 11.3 Å². The fourth-order valence-corrected chi connectivity index (χ4v) is 4.84. The minimum absolute atomic E-state index is 0.0547. The number of hydrogen-bond acceptors (Lipinski definition) is 7. The van der Waals surface area contributed by atoms with Gasteiger partial charge < -0.3 is 14.3 Å². The molecule has 2 aromatic carbocycles. The molecule has 1 amide bonds. The average molecular weight is 464 g/mol. The molecule has 5 rings (SSSR count). The standard InChI is InChI=1S/C24H17FN2O5S/c1-2-31-13-9-10-16-18(12-13)33-24(26-16)27-20(14-6-3-4-7-15(14)25)19(22(29)23(27)30)21(28)17-8-5-11-32-17/h3-12,20,29H,2H2,1H3. The second kappa shape index (κ2) is 8.18. The van der Waals surface area contributed by atoms with E-state index < -0.39 is 29.3 Å². The lowest BCUT2D eigenvalue weighted by Gasteiger charge is -2.24. The van der Waals surface area contributed by atoms with E-state index in [1.807, 2.05) is 6.92 Å². The Kier molecular flexibility index (Phi) is 5.18. The number of fused-ring (bicyclic) bond motifs is 1. The molecule has 0 aliphatic carbocycles. The third kappa shape index (κ3) is 3.46. The first-order chi connectivity index (χ1) is 16.0. The van der Waals surface area contributed by atoms with Crippen LogP contribution in [0.5, 0.6) is 5.75 Å². The molecule has 9 heteroatoms. The molecule has 0 fully saturated rings. The summed E-state index contributed by atoms with van der Waals surface area (Å²) in [4.78, 5) is 32.0. The highest BCUT2D eigenvalue weighted by Crippen LogP contribution is 2.45. The summed E-state index contributed by atoms with van der Waals surface area (Å²) in [6.07, 6.45) is 1.31. The zero-order valence-electron chi connectivity index (χ0n) is 17.3. The molecule has 4 aromatic rings. The van der Waals surface area contributed by atoms with Crippen molar-refractivity contribution in [3.8, 4) is 5.75 Å². The number of thiazole rings is 1. The average Bonchev–Trinajstić information content (AvgIpc) is 3.53. The van der Waals surface area contributed by atoms with Crippen molar-refractivity contribution >= 4 is 38.4 Å². The number of furan rings is 1.